The van der Waals surface area contributed by atoms with E-state index in [4.69, 9.17) is 15.7 Å². The number of hydrogen-bond donors (Lipinski definition) is 3. The molecule has 0 saturated heterocycles. The van der Waals surface area contributed by atoms with E-state index in [0.29, 0.717) is 40.2 Å². The summed E-state index contributed by atoms with van der Waals surface area (Å²) in [7, 11) is 0. The molecule has 1 amide bonds. The van der Waals surface area contributed by atoms with Crippen LogP contribution in [0.3, 0.4) is 0 Å². The van der Waals surface area contributed by atoms with Gasteiger partial charge in [0.2, 0.25) is 0 Å². The summed E-state index contributed by atoms with van der Waals surface area (Å²) in [6.45, 7) is 0. The molecule has 4 aromatic heterocycles. The molecular formula is C33H25N7O3. The second-order valence-corrected chi connectivity index (χ2v) is 10.3. The molecule has 210 valence electrons. The van der Waals surface area contributed by atoms with Crippen LogP contribution in [0.2, 0.25) is 0 Å². The highest BCUT2D eigenvalue weighted by Crippen LogP contribution is 2.36. The van der Waals surface area contributed by atoms with Gasteiger partial charge in [-0.1, -0.05) is 6.07 Å². The summed E-state index contributed by atoms with van der Waals surface area (Å²) in [6.07, 6.45) is 7.13. The van der Waals surface area contributed by atoms with E-state index >= 15 is 0 Å². The maximum atomic E-state index is 13.0. The molecule has 4 N–H and O–H groups in total. The SMILES string of the molecule is Nc1ncccc1-c1nc2ccc(-c3ccncc3)nc2n1-c1ccc2c(c1)CC[C@@H]2NC(=O)c1ccc(O)c(C=O)c1. The highest BCUT2D eigenvalue weighted by molar-refractivity contribution is 5.96. The van der Waals surface area contributed by atoms with E-state index in [2.05, 4.69) is 21.4 Å². The number of carbonyl (C=O) groups is 2. The maximum Gasteiger partial charge on any atom is 0.251 e. The minimum absolute atomic E-state index is 0.0717. The van der Waals surface area contributed by atoms with Crippen molar-refractivity contribution in [3.05, 3.63) is 114 Å². The third-order valence-corrected chi connectivity index (χ3v) is 7.74. The predicted molar refractivity (Wildman–Crippen MR) is 162 cm³/mol. The number of nitrogen functional groups attached to an aromatic ring is 1. The van der Waals surface area contributed by atoms with Crippen LogP contribution in [0.4, 0.5) is 5.82 Å². The number of nitrogens with one attached hydrogen (secondary N) is 1. The van der Waals surface area contributed by atoms with Crippen molar-refractivity contribution in [3.8, 4) is 34.1 Å². The normalized spacial score (nSPS) is 14.0. The Kier molecular flexibility index (Phi) is 6.35. The summed E-state index contributed by atoms with van der Waals surface area (Å²) in [5.41, 5.74) is 13.5. The van der Waals surface area contributed by atoms with Crippen molar-refractivity contribution in [2.24, 2.45) is 0 Å². The van der Waals surface area contributed by atoms with Crippen molar-refractivity contribution in [2.75, 3.05) is 5.73 Å². The Morgan fingerprint density at radius 3 is 2.67 bits per heavy atom. The Bertz CT molecular complexity index is 2040. The number of pyridine rings is 3. The molecule has 43 heavy (non-hydrogen) atoms. The van der Waals surface area contributed by atoms with E-state index in [1.165, 1.54) is 18.2 Å². The summed E-state index contributed by atoms with van der Waals surface area (Å²) >= 11 is 0. The lowest BCUT2D eigenvalue weighted by Crippen LogP contribution is -2.27. The van der Waals surface area contributed by atoms with Gasteiger partial charge in [0.25, 0.3) is 5.91 Å². The average molecular weight is 568 g/mol. The third kappa shape index (κ3) is 4.64. The quantitative estimate of drug-likeness (QED) is 0.237. The van der Waals surface area contributed by atoms with Gasteiger partial charge in [0.05, 0.1) is 22.9 Å². The lowest BCUT2D eigenvalue weighted by molar-refractivity contribution is 0.0936. The van der Waals surface area contributed by atoms with Crippen LogP contribution in [0.5, 0.6) is 5.75 Å². The van der Waals surface area contributed by atoms with Crippen LogP contribution in [0.1, 0.15) is 44.3 Å². The first-order valence-corrected chi connectivity index (χ1v) is 13.7. The number of aromatic hydroxyl groups is 1. The molecule has 10 nitrogen and oxygen atoms in total. The molecule has 0 saturated carbocycles. The fraction of sp³-hybridized carbons (Fsp3) is 0.0909. The van der Waals surface area contributed by atoms with Gasteiger partial charge in [0.15, 0.2) is 17.8 Å². The van der Waals surface area contributed by atoms with Crippen LogP contribution in [0, 0.1) is 0 Å². The van der Waals surface area contributed by atoms with Gasteiger partial charge in [-0.15, -0.1) is 0 Å². The predicted octanol–water partition coefficient (Wildman–Crippen LogP) is 5.06. The molecule has 1 aliphatic rings. The van der Waals surface area contributed by atoms with Crippen LogP contribution >= 0.6 is 0 Å². The molecule has 0 bridgehead atoms. The number of aldehydes is 1. The molecule has 1 aliphatic carbocycles. The second-order valence-electron chi connectivity index (χ2n) is 10.3. The summed E-state index contributed by atoms with van der Waals surface area (Å²) in [5.74, 6) is 0.519. The van der Waals surface area contributed by atoms with Crippen molar-refractivity contribution in [2.45, 2.75) is 18.9 Å². The Morgan fingerprint density at radius 2 is 1.86 bits per heavy atom. The van der Waals surface area contributed by atoms with E-state index in [0.717, 1.165) is 40.9 Å². The zero-order valence-electron chi connectivity index (χ0n) is 22.8. The van der Waals surface area contributed by atoms with E-state index in [-0.39, 0.29) is 23.3 Å². The van der Waals surface area contributed by atoms with Crippen molar-refractivity contribution in [3.63, 3.8) is 0 Å². The van der Waals surface area contributed by atoms with Gasteiger partial charge in [-0.05, 0) is 90.7 Å². The van der Waals surface area contributed by atoms with Crippen LogP contribution in [0.25, 0.3) is 39.5 Å². The summed E-state index contributed by atoms with van der Waals surface area (Å²) in [4.78, 5) is 42.6. The summed E-state index contributed by atoms with van der Waals surface area (Å²) in [5, 5.41) is 12.9. The van der Waals surface area contributed by atoms with Crippen LogP contribution in [0.15, 0.2) is 91.4 Å². The van der Waals surface area contributed by atoms with E-state index < -0.39 is 0 Å². The molecule has 1 atom stereocenters. The molecule has 2 aromatic carbocycles. The number of benzene rings is 2. The topological polar surface area (TPSA) is 149 Å². The number of aromatic nitrogens is 5. The first-order chi connectivity index (χ1) is 21.0. The Hall–Kier alpha value is -5.90. The monoisotopic (exact) mass is 567 g/mol. The van der Waals surface area contributed by atoms with Gasteiger partial charge in [0.1, 0.15) is 17.1 Å². The van der Waals surface area contributed by atoms with Crippen molar-refractivity contribution < 1.29 is 14.7 Å². The van der Waals surface area contributed by atoms with Gasteiger partial charge in [0, 0.05) is 35.4 Å². The van der Waals surface area contributed by atoms with E-state index in [1.807, 2.05) is 53.1 Å². The lowest BCUT2D eigenvalue weighted by Gasteiger charge is -2.16. The number of amides is 1. The highest BCUT2D eigenvalue weighted by atomic mass is 16.3. The number of phenolic OH excluding ortho intramolecular Hbond substituents is 1. The van der Waals surface area contributed by atoms with Gasteiger partial charge in [-0.3, -0.25) is 19.1 Å². The Labute approximate surface area is 245 Å². The number of aryl methyl sites for hydroxylation is 1. The number of nitrogens with zero attached hydrogens (tertiary/aromatic N) is 5. The number of carbonyl (C=O) groups excluding carboxylic acids is 2. The number of hydrogen-bond acceptors (Lipinski definition) is 8. The second kappa shape index (κ2) is 10.5. The standard InChI is InChI=1S/C33H25N7O3/c34-30-25(2-1-13-36-30)31-38-28-9-8-26(19-11-14-35-15-12-19)37-32(28)40(31)23-5-6-24-20(17-23)3-7-27(24)39-33(43)21-4-10-29(42)22(16-21)18-41/h1-2,4-6,8-18,27,42H,3,7H2,(H2,34,36)(H,39,43)/t27-/m0/s1. The minimum Gasteiger partial charge on any atom is -0.507 e. The number of fused-ring (bicyclic) bond motifs is 2. The number of rotatable bonds is 6. The van der Waals surface area contributed by atoms with E-state index in [1.54, 1.807) is 18.6 Å². The van der Waals surface area contributed by atoms with Crippen LogP contribution < -0.4 is 11.1 Å². The zero-order valence-corrected chi connectivity index (χ0v) is 22.8. The highest BCUT2D eigenvalue weighted by Gasteiger charge is 2.26. The van der Waals surface area contributed by atoms with Gasteiger partial charge in [-0.2, -0.15) is 0 Å². The average Bonchev–Trinajstić information content (AvgIpc) is 3.62. The lowest BCUT2D eigenvalue weighted by atomic mass is 10.1. The molecule has 0 aliphatic heterocycles. The molecule has 7 rings (SSSR count). The maximum absolute atomic E-state index is 13.0. The smallest absolute Gasteiger partial charge is 0.251 e. The molecule has 0 fully saturated rings. The molecule has 10 heteroatoms. The Balaban J connectivity index is 1.29. The first kappa shape index (κ1) is 26.0. The fourth-order valence-electron chi connectivity index (χ4n) is 5.60. The van der Waals surface area contributed by atoms with Crippen LogP contribution in [-0.2, 0) is 6.42 Å². The molecule has 0 unspecified atom stereocenters. The van der Waals surface area contributed by atoms with Crippen molar-refractivity contribution in [1.82, 2.24) is 29.8 Å². The Morgan fingerprint density at radius 1 is 1.00 bits per heavy atom. The van der Waals surface area contributed by atoms with E-state index in [9.17, 15) is 14.7 Å². The fourth-order valence-corrected chi connectivity index (χ4v) is 5.60. The van der Waals surface area contributed by atoms with Gasteiger partial charge < -0.3 is 16.2 Å². The molecule has 6 aromatic rings. The van der Waals surface area contributed by atoms with Crippen LogP contribution in [-0.4, -0.2) is 41.8 Å². The largest absolute Gasteiger partial charge is 0.507 e. The van der Waals surface area contributed by atoms with Crippen molar-refractivity contribution >= 4 is 29.2 Å². The number of phenols is 1. The molecular weight excluding hydrogens is 542 g/mol. The molecule has 0 spiro atoms. The van der Waals surface area contributed by atoms with Crippen molar-refractivity contribution in [1.29, 1.82) is 0 Å². The third-order valence-electron chi connectivity index (χ3n) is 7.74. The summed E-state index contributed by atoms with van der Waals surface area (Å²) < 4.78 is 2.00. The minimum atomic E-state index is -0.312. The zero-order chi connectivity index (χ0) is 29.5. The van der Waals surface area contributed by atoms with Gasteiger partial charge in [-0.25, -0.2) is 15.0 Å². The number of imidazole rings is 1. The molecule has 4 heterocycles. The molecule has 0 radical (unpaired) electrons. The first-order valence-electron chi connectivity index (χ1n) is 13.7. The van der Waals surface area contributed by atoms with Gasteiger partial charge >= 0.3 is 0 Å². The number of anilines is 1. The summed E-state index contributed by atoms with van der Waals surface area (Å²) in [6, 6.07) is 21.6. The number of nitrogens with two attached hydrogens (primary N) is 1.